The van der Waals surface area contributed by atoms with Crippen molar-refractivity contribution in [1.29, 1.82) is 0 Å². The van der Waals surface area contributed by atoms with Gasteiger partial charge in [0.2, 0.25) is 0 Å². The van der Waals surface area contributed by atoms with E-state index in [0.29, 0.717) is 23.7 Å². The summed E-state index contributed by atoms with van der Waals surface area (Å²) in [5.74, 6) is -0.128. The predicted octanol–water partition coefficient (Wildman–Crippen LogP) is 3.77. The number of rotatable bonds is 5. The van der Waals surface area contributed by atoms with Crippen LogP contribution in [0.4, 0.5) is 0 Å². The number of carbonyl (C=O) groups is 1. The number of hydrogen-bond acceptors (Lipinski definition) is 4. The second-order valence-electron chi connectivity index (χ2n) is 6.13. The van der Waals surface area contributed by atoms with Gasteiger partial charge in [0.15, 0.2) is 0 Å². The summed E-state index contributed by atoms with van der Waals surface area (Å²) in [4.78, 5) is 18.3. The van der Waals surface area contributed by atoms with Gasteiger partial charge in [-0.25, -0.2) is 0 Å². The van der Waals surface area contributed by atoms with Gasteiger partial charge in [-0.05, 0) is 49.7 Å². The van der Waals surface area contributed by atoms with Gasteiger partial charge in [0.25, 0.3) is 0 Å². The van der Waals surface area contributed by atoms with Gasteiger partial charge in [-0.15, -0.1) is 0 Å². The number of piperidine rings is 1. The molecular weight excluding hydrogens is 340 g/mol. The first-order valence-electron chi connectivity index (χ1n) is 8.34. The molecule has 1 aromatic heterocycles. The molecular formula is C19H21ClN2O3. The van der Waals surface area contributed by atoms with Crippen molar-refractivity contribution in [3.63, 3.8) is 0 Å². The maximum absolute atomic E-state index is 11.8. The number of pyridine rings is 1. The van der Waals surface area contributed by atoms with Crippen LogP contribution in [0.2, 0.25) is 5.02 Å². The van der Waals surface area contributed by atoms with Crippen LogP contribution in [0.15, 0.2) is 42.6 Å². The molecule has 25 heavy (non-hydrogen) atoms. The Balaban J connectivity index is 2.14. The number of aromatic nitrogens is 1. The van der Waals surface area contributed by atoms with E-state index in [-0.39, 0.29) is 6.04 Å². The van der Waals surface area contributed by atoms with Gasteiger partial charge in [-0.1, -0.05) is 24.1 Å². The number of halogens is 1. The van der Waals surface area contributed by atoms with Crippen LogP contribution in [-0.4, -0.2) is 40.7 Å². The van der Waals surface area contributed by atoms with E-state index in [1.54, 1.807) is 19.4 Å². The van der Waals surface area contributed by atoms with Crippen LogP contribution in [0.5, 0.6) is 5.75 Å². The first-order valence-corrected chi connectivity index (χ1v) is 8.72. The van der Waals surface area contributed by atoms with Crippen LogP contribution < -0.4 is 4.74 Å². The molecule has 3 rings (SSSR count). The normalized spacial score (nSPS) is 19.4. The number of carboxylic acid groups (broad SMARTS) is 1. The summed E-state index contributed by atoms with van der Waals surface area (Å²) in [6.45, 7) is 0.688. The van der Waals surface area contributed by atoms with Crippen LogP contribution in [-0.2, 0) is 4.79 Å². The zero-order valence-electron chi connectivity index (χ0n) is 14.1. The van der Waals surface area contributed by atoms with Crippen LogP contribution >= 0.6 is 11.6 Å². The first kappa shape index (κ1) is 17.7. The number of benzene rings is 1. The zero-order valence-corrected chi connectivity index (χ0v) is 14.8. The van der Waals surface area contributed by atoms with Crippen molar-refractivity contribution in [3.05, 3.63) is 58.9 Å². The topological polar surface area (TPSA) is 62.7 Å². The molecule has 2 heterocycles. The smallest absolute Gasteiger partial charge is 0.320 e. The quantitative estimate of drug-likeness (QED) is 0.879. The van der Waals surface area contributed by atoms with Gasteiger partial charge in [-0.3, -0.25) is 14.7 Å². The van der Waals surface area contributed by atoms with Gasteiger partial charge in [-0.2, -0.15) is 0 Å². The standard InChI is InChI=1S/C19H21ClN2O3/c1-25-17-9-8-13(20)12-14(17)18(15-6-2-4-10-21-15)22-11-5-3-7-16(22)19(23)24/h2,4,6,8-10,12,16,18H,3,5,7,11H2,1H3,(H,23,24). The summed E-state index contributed by atoms with van der Waals surface area (Å²) < 4.78 is 5.53. The van der Waals surface area contributed by atoms with Crippen molar-refractivity contribution >= 4 is 17.6 Å². The lowest BCUT2D eigenvalue weighted by atomic mass is 9.93. The van der Waals surface area contributed by atoms with E-state index < -0.39 is 12.0 Å². The molecule has 1 aromatic carbocycles. The van der Waals surface area contributed by atoms with Crippen LogP contribution in [0.25, 0.3) is 0 Å². The van der Waals surface area contributed by atoms with Gasteiger partial charge in [0.05, 0.1) is 18.8 Å². The second-order valence-corrected chi connectivity index (χ2v) is 6.57. The Morgan fingerprint density at radius 3 is 2.88 bits per heavy atom. The van der Waals surface area contributed by atoms with E-state index in [1.807, 2.05) is 35.2 Å². The molecule has 2 aromatic rings. The van der Waals surface area contributed by atoms with Crippen LogP contribution in [0.1, 0.15) is 36.6 Å². The average molecular weight is 361 g/mol. The maximum Gasteiger partial charge on any atom is 0.320 e. The molecule has 0 bridgehead atoms. The van der Waals surface area contributed by atoms with Crippen molar-refractivity contribution in [3.8, 4) is 5.75 Å². The molecule has 0 radical (unpaired) electrons. The third-order valence-corrected chi connectivity index (χ3v) is 4.85. The Hall–Kier alpha value is -2.11. The lowest BCUT2D eigenvalue weighted by molar-refractivity contribution is -0.145. The van der Waals surface area contributed by atoms with Gasteiger partial charge >= 0.3 is 5.97 Å². The fourth-order valence-corrected chi connectivity index (χ4v) is 3.67. The van der Waals surface area contributed by atoms with Crippen molar-refractivity contribution in [2.75, 3.05) is 13.7 Å². The predicted molar refractivity (Wildman–Crippen MR) is 96.1 cm³/mol. The molecule has 0 spiro atoms. The Morgan fingerprint density at radius 1 is 1.36 bits per heavy atom. The second kappa shape index (κ2) is 7.85. The molecule has 6 heteroatoms. The monoisotopic (exact) mass is 360 g/mol. The van der Waals surface area contributed by atoms with Gasteiger partial charge < -0.3 is 9.84 Å². The summed E-state index contributed by atoms with van der Waals surface area (Å²) in [6, 6.07) is 10.2. The fourth-order valence-electron chi connectivity index (χ4n) is 3.49. The fraction of sp³-hybridized carbons (Fsp3) is 0.368. The highest BCUT2D eigenvalue weighted by atomic mass is 35.5. The number of aliphatic carboxylic acids is 1. The van der Waals surface area contributed by atoms with E-state index in [9.17, 15) is 9.90 Å². The average Bonchev–Trinajstić information content (AvgIpc) is 2.63. The minimum atomic E-state index is -0.804. The minimum Gasteiger partial charge on any atom is -0.496 e. The van der Waals surface area contributed by atoms with E-state index in [2.05, 4.69) is 4.98 Å². The number of ether oxygens (including phenoxy) is 1. The highest BCUT2D eigenvalue weighted by Gasteiger charge is 2.36. The summed E-state index contributed by atoms with van der Waals surface area (Å²) in [7, 11) is 1.60. The van der Waals surface area contributed by atoms with Crippen molar-refractivity contribution in [2.24, 2.45) is 0 Å². The molecule has 0 aliphatic carbocycles. The molecule has 1 aliphatic rings. The van der Waals surface area contributed by atoms with Crippen molar-refractivity contribution in [2.45, 2.75) is 31.3 Å². The van der Waals surface area contributed by atoms with E-state index in [0.717, 1.165) is 24.1 Å². The van der Waals surface area contributed by atoms with E-state index in [4.69, 9.17) is 16.3 Å². The molecule has 132 valence electrons. The third kappa shape index (κ3) is 3.78. The van der Waals surface area contributed by atoms with Crippen molar-refractivity contribution in [1.82, 2.24) is 9.88 Å². The number of hydrogen-bond donors (Lipinski definition) is 1. The van der Waals surface area contributed by atoms with Gasteiger partial charge in [0.1, 0.15) is 11.8 Å². The summed E-state index contributed by atoms with van der Waals surface area (Å²) in [5.41, 5.74) is 1.62. The molecule has 2 atom stereocenters. The molecule has 1 aliphatic heterocycles. The van der Waals surface area contributed by atoms with Gasteiger partial charge in [0, 0.05) is 16.8 Å². The van der Waals surface area contributed by atoms with E-state index >= 15 is 0 Å². The molecule has 5 nitrogen and oxygen atoms in total. The van der Waals surface area contributed by atoms with E-state index in [1.165, 1.54) is 0 Å². The lowest BCUT2D eigenvalue weighted by Crippen LogP contribution is -2.47. The minimum absolute atomic E-state index is 0.323. The summed E-state index contributed by atoms with van der Waals surface area (Å²) in [6.07, 6.45) is 4.21. The SMILES string of the molecule is COc1ccc(Cl)cc1C(c1ccccn1)N1CCCCC1C(=O)O. The number of nitrogens with zero attached hydrogens (tertiary/aromatic N) is 2. The Bertz CT molecular complexity index is 739. The maximum atomic E-state index is 11.8. The van der Waals surface area contributed by atoms with Crippen LogP contribution in [0, 0.1) is 0 Å². The lowest BCUT2D eigenvalue weighted by Gasteiger charge is -2.39. The number of methoxy groups -OCH3 is 1. The van der Waals surface area contributed by atoms with Crippen molar-refractivity contribution < 1.29 is 14.6 Å². The van der Waals surface area contributed by atoms with Crippen LogP contribution in [0.3, 0.4) is 0 Å². The first-order chi connectivity index (χ1) is 12.1. The summed E-state index contributed by atoms with van der Waals surface area (Å²) in [5, 5.41) is 10.3. The largest absolute Gasteiger partial charge is 0.496 e. The summed E-state index contributed by atoms with van der Waals surface area (Å²) >= 11 is 6.23. The molecule has 1 fully saturated rings. The number of likely N-dealkylation sites (tertiary alicyclic amines) is 1. The highest BCUT2D eigenvalue weighted by molar-refractivity contribution is 6.30. The molecule has 1 N–H and O–H groups in total. The molecule has 0 amide bonds. The number of carboxylic acids is 1. The molecule has 2 unspecified atom stereocenters. The Labute approximate surface area is 152 Å². The highest BCUT2D eigenvalue weighted by Crippen LogP contribution is 2.38. The third-order valence-electron chi connectivity index (χ3n) is 4.62. The zero-order chi connectivity index (χ0) is 17.8. The molecule has 1 saturated heterocycles. The Morgan fingerprint density at radius 2 is 2.20 bits per heavy atom. The Kier molecular flexibility index (Phi) is 5.56. The molecule has 0 saturated carbocycles.